The van der Waals surface area contributed by atoms with Gasteiger partial charge in [0.1, 0.15) is 11.5 Å². The smallest absolute Gasteiger partial charge is 0.307 e. The minimum absolute atomic E-state index is 0.0967. The first-order valence-corrected chi connectivity index (χ1v) is 8.36. The number of nitrogens with zero attached hydrogens (tertiary/aromatic N) is 1. The zero-order valence-electron chi connectivity index (χ0n) is 15.1. The van der Waals surface area contributed by atoms with E-state index in [1.807, 2.05) is 0 Å². The summed E-state index contributed by atoms with van der Waals surface area (Å²) in [5, 5.41) is 0. The number of carbonyl (C=O) groups excluding carboxylic acids is 3. The number of esters is 1. The predicted molar refractivity (Wildman–Crippen MR) is 95.8 cm³/mol. The van der Waals surface area contributed by atoms with Crippen LogP contribution in [-0.2, 0) is 16.0 Å². The maximum absolute atomic E-state index is 12.2. The lowest BCUT2D eigenvalue weighted by Gasteiger charge is -2.14. The third kappa shape index (κ3) is 3.92. The number of fused-ring (bicyclic) bond motifs is 1. The van der Waals surface area contributed by atoms with Crippen molar-refractivity contribution in [1.82, 2.24) is 4.90 Å². The third-order valence-corrected chi connectivity index (χ3v) is 4.26. The fraction of sp³-hybridized carbons (Fsp3) is 0.250. The first kappa shape index (κ1) is 18.4. The minimum Gasteiger partial charge on any atom is -0.497 e. The molecule has 1 aliphatic rings. The molecule has 0 spiro atoms. The number of amides is 2. The molecule has 7 heteroatoms. The fourth-order valence-corrected chi connectivity index (χ4v) is 2.82. The second-order valence-electron chi connectivity index (χ2n) is 5.95. The van der Waals surface area contributed by atoms with Gasteiger partial charge in [-0.15, -0.1) is 0 Å². The molecule has 0 N–H and O–H groups in total. The van der Waals surface area contributed by atoms with E-state index in [0.717, 1.165) is 10.5 Å². The summed E-state index contributed by atoms with van der Waals surface area (Å²) < 4.78 is 15.5. The molecule has 0 saturated carbocycles. The molecule has 2 amide bonds. The molecular formula is C20H19NO6. The first-order chi connectivity index (χ1) is 13.0. The Morgan fingerprint density at radius 2 is 1.48 bits per heavy atom. The molecular weight excluding hydrogens is 350 g/mol. The van der Waals surface area contributed by atoms with Crippen molar-refractivity contribution in [3.8, 4) is 11.5 Å². The Balaban J connectivity index is 1.55. The molecule has 2 aromatic rings. The van der Waals surface area contributed by atoms with Crippen LogP contribution in [0, 0.1) is 0 Å². The molecule has 0 aromatic heterocycles. The highest BCUT2D eigenvalue weighted by Crippen LogP contribution is 2.24. The number of rotatable bonds is 7. The number of ether oxygens (including phenoxy) is 3. The van der Waals surface area contributed by atoms with E-state index >= 15 is 0 Å². The summed E-state index contributed by atoms with van der Waals surface area (Å²) in [7, 11) is 3.10. The van der Waals surface area contributed by atoms with Gasteiger partial charge in [0.2, 0.25) is 0 Å². The Morgan fingerprint density at radius 3 is 2.00 bits per heavy atom. The Hall–Kier alpha value is -3.35. The highest BCUT2D eigenvalue weighted by atomic mass is 16.5. The summed E-state index contributed by atoms with van der Waals surface area (Å²) in [6.07, 6.45) is 0.508. The number of benzene rings is 2. The van der Waals surface area contributed by atoms with E-state index in [9.17, 15) is 14.4 Å². The van der Waals surface area contributed by atoms with Crippen LogP contribution in [0.1, 0.15) is 32.7 Å². The number of hydrogen-bond donors (Lipinski definition) is 0. The molecule has 0 atom stereocenters. The van der Waals surface area contributed by atoms with E-state index in [-0.39, 0.29) is 6.42 Å². The quantitative estimate of drug-likeness (QED) is 0.551. The van der Waals surface area contributed by atoms with E-state index < -0.39 is 24.5 Å². The van der Waals surface area contributed by atoms with E-state index in [2.05, 4.69) is 0 Å². The van der Waals surface area contributed by atoms with Crippen molar-refractivity contribution in [1.29, 1.82) is 0 Å². The summed E-state index contributed by atoms with van der Waals surface area (Å²) in [4.78, 5) is 37.4. The van der Waals surface area contributed by atoms with Gasteiger partial charge in [0, 0.05) is 12.5 Å². The number of methoxy groups -OCH3 is 2. The number of carbonyl (C=O) groups is 3. The van der Waals surface area contributed by atoms with Crippen LogP contribution in [0.25, 0.3) is 0 Å². The van der Waals surface area contributed by atoms with Crippen molar-refractivity contribution in [2.45, 2.75) is 12.8 Å². The monoisotopic (exact) mass is 369 g/mol. The molecule has 0 radical (unpaired) electrons. The maximum Gasteiger partial charge on any atom is 0.307 e. The second kappa shape index (κ2) is 7.90. The predicted octanol–water partition coefficient (Wildman–Crippen LogP) is 2.43. The van der Waals surface area contributed by atoms with Crippen molar-refractivity contribution in [2.75, 3.05) is 21.0 Å². The summed E-state index contributed by atoms with van der Waals surface area (Å²) in [5.41, 5.74) is 1.49. The zero-order valence-corrected chi connectivity index (χ0v) is 15.1. The molecule has 0 bridgehead atoms. The van der Waals surface area contributed by atoms with E-state index in [1.54, 1.807) is 56.7 Å². The van der Waals surface area contributed by atoms with Gasteiger partial charge >= 0.3 is 5.97 Å². The van der Waals surface area contributed by atoms with Gasteiger partial charge in [-0.3, -0.25) is 14.4 Å². The van der Waals surface area contributed by atoms with Gasteiger partial charge in [0.05, 0.1) is 25.3 Å². The van der Waals surface area contributed by atoms with Crippen LogP contribution in [0.3, 0.4) is 0 Å². The van der Waals surface area contributed by atoms with Gasteiger partial charge in [0.15, 0.2) is 6.73 Å². The van der Waals surface area contributed by atoms with Crippen LogP contribution in [-0.4, -0.2) is 43.6 Å². The van der Waals surface area contributed by atoms with Crippen LogP contribution in [0.15, 0.2) is 42.5 Å². The molecule has 1 aliphatic heterocycles. The molecule has 1 heterocycles. The van der Waals surface area contributed by atoms with Gasteiger partial charge < -0.3 is 14.2 Å². The first-order valence-electron chi connectivity index (χ1n) is 8.36. The minimum atomic E-state index is -0.506. The van der Waals surface area contributed by atoms with Crippen LogP contribution >= 0.6 is 0 Å². The van der Waals surface area contributed by atoms with E-state index in [4.69, 9.17) is 14.2 Å². The SMILES string of the molecule is COc1cc(CCC(=O)OCN2C(=O)c3ccccc3C2=O)cc(OC)c1. The zero-order chi connectivity index (χ0) is 19.4. The topological polar surface area (TPSA) is 82.1 Å². The van der Waals surface area contributed by atoms with Crippen molar-refractivity contribution in [2.24, 2.45) is 0 Å². The standard InChI is InChI=1S/C20H19NO6/c1-25-14-9-13(10-15(11-14)26-2)7-8-18(22)27-12-21-19(23)16-5-3-4-6-17(16)20(21)24/h3-6,9-11H,7-8,12H2,1-2H3. The molecule has 27 heavy (non-hydrogen) atoms. The molecule has 2 aromatic carbocycles. The Morgan fingerprint density at radius 1 is 0.926 bits per heavy atom. The third-order valence-electron chi connectivity index (χ3n) is 4.26. The van der Waals surface area contributed by atoms with E-state index in [0.29, 0.717) is 29.0 Å². The summed E-state index contributed by atoms with van der Waals surface area (Å²) >= 11 is 0. The lowest BCUT2D eigenvalue weighted by atomic mass is 10.1. The Bertz CT molecular complexity index is 835. The molecule has 0 saturated heterocycles. The van der Waals surface area contributed by atoms with Gasteiger partial charge in [-0.05, 0) is 36.2 Å². The second-order valence-corrected chi connectivity index (χ2v) is 5.95. The highest BCUT2D eigenvalue weighted by Gasteiger charge is 2.35. The van der Waals surface area contributed by atoms with Crippen LogP contribution in [0.5, 0.6) is 11.5 Å². The van der Waals surface area contributed by atoms with Crippen LogP contribution < -0.4 is 9.47 Å². The molecule has 0 aliphatic carbocycles. The van der Waals surface area contributed by atoms with Crippen molar-refractivity contribution < 1.29 is 28.6 Å². The molecule has 140 valence electrons. The number of imide groups is 1. The number of aryl methyl sites for hydroxylation is 1. The molecule has 3 rings (SSSR count). The molecule has 0 fully saturated rings. The normalized spacial score (nSPS) is 12.7. The van der Waals surface area contributed by atoms with Crippen LogP contribution in [0.2, 0.25) is 0 Å². The molecule has 0 unspecified atom stereocenters. The summed E-state index contributed by atoms with van der Waals surface area (Å²) in [5.74, 6) is -0.164. The summed E-state index contributed by atoms with van der Waals surface area (Å²) in [6.45, 7) is -0.396. The lowest BCUT2D eigenvalue weighted by molar-refractivity contribution is -0.146. The average molecular weight is 369 g/mol. The summed E-state index contributed by atoms with van der Waals surface area (Å²) in [6, 6.07) is 11.9. The number of hydrogen-bond acceptors (Lipinski definition) is 6. The molecule has 7 nitrogen and oxygen atoms in total. The maximum atomic E-state index is 12.2. The van der Waals surface area contributed by atoms with Crippen molar-refractivity contribution in [3.05, 3.63) is 59.2 Å². The van der Waals surface area contributed by atoms with Crippen molar-refractivity contribution >= 4 is 17.8 Å². The fourth-order valence-electron chi connectivity index (χ4n) is 2.82. The highest BCUT2D eigenvalue weighted by molar-refractivity contribution is 6.21. The van der Waals surface area contributed by atoms with Gasteiger partial charge in [-0.2, -0.15) is 0 Å². The van der Waals surface area contributed by atoms with Crippen molar-refractivity contribution in [3.63, 3.8) is 0 Å². The average Bonchev–Trinajstić information content (AvgIpc) is 2.95. The Labute approximate surface area is 156 Å². The largest absolute Gasteiger partial charge is 0.497 e. The Kier molecular flexibility index (Phi) is 5.40. The van der Waals surface area contributed by atoms with Gasteiger partial charge in [-0.25, -0.2) is 4.90 Å². The van der Waals surface area contributed by atoms with E-state index in [1.165, 1.54) is 0 Å². The van der Waals surface area contributed by atoms with Gasteiger partial charge in [-0.1, -0.05) is 12.1 Å². The van der Waals surface area contributed by atoms with Gasteiger partial charge in [0.25, 0.3) is 11.8 Å². The lowest BCUT2D eigenvalue weighted by Crippen LogP contribution is -2.33. The van der Waals surface area contributed by atoms with Crippen LogP contribution in [0.4, 0.5) is 0 Å².